The van der Waals surface area contributed by atoms with Crippen LogP contribution in [0.25, 0.3) is 22.5 Å². The quantitative estimate of drug-likeness (QED) is 0.498. The fraction of sp³-hybridized carbons (Fsp3) is 0.120. The number of hydrogen-bond acceptors (Lipinski definition) is 6. The minimum Gasteiger partial charge on any atom is -0.438 e. The molecule has 152 valence electrons. The lowest BCUT2D eigenvalue weighted by Crippen LogP contribution is -2.03. The summed E-state index contributed by atoms with van der Waals surface area (Å²) >= 11 is 0. The van der Waals surface area contributed by atoms with Crippen LogP contribution in [0, 0.1) is 18.3 Å². The van der Waals surface area contributed by atoms with E-state index >= 15 is 0 Å². The Morgan fingerprint density at radius 3 is 2.52 bits per heavy atom. The number of ether oxygens (including phenoxy) is 1. The van der Waals surface area contributed by atoms with Gasteiger partial charge in [0.15, 0.2) is 0 Å². The highest BCUT2D eigenvalue weighted by molar-refractivity contribution is 5.69. The van der Waals surface area contributed by atoms with E-state index in [4.69, 9.17) is 10.5 Å². The molecule has 0 atom stereocenters. The van der Waals surface area contributed by atoms with E-state index in [0.29, 0.717) is 29.6 Å². The zero-order chi connectivity index (χ0) is 21.6. The standard InChI is InChI=1S/C25H21N5O/c1-17-29-23(20-5-3-2-4-6-20)14-25(30-17)31-24-13-19(15-27)7-9-21(24)22-10-8-18(11-12-26)16-28-22/h2-10,13-14,16H,11-12,26H2,1H3. The maximum Gasteiger partial charge on any atom is 0.223 e. The maximum absolute atomic E-state index is 9.36. The Hall–Kier alpha value is -4.08. The number of rotatable bonds is 6. The van der Waals surface area contributed by atoms with Gasteiger partial charge in [0, 0.05) is 23.4 Å². The van der Waals surface area contributed by atoms with Crippen LogP contribution >= 0.6 is 0 Å². The van der Waals surface area contributed by atoms with Crippen LogP contribution in [0.5, 0.6) is 11.6 Å². The van der Waals surface area contributed by atoms with Gasteiger partial charge in [-0.2, -0.15) is 10.2 Å². The Morgan fingerprint density at radius 2 is 1.81 bits per heavy atom. The number of aryl methyl sites for hydroxylation is 1. The molecule has 2 aromatic heterocycles. The molecule has 6 nitrogen and oxygen atoms in total. The molecule has 0 radical (unpaired) electrons. The Labute approximate surface area is 181 Å². The zero-order valence-corrected chi connectivity index (χ0v) is 17.1. The molecule has 0 aliphatic carbocycles. The van der Waals surface area contributed by atoms with Crippen molar-refractivity contribution in [3.05, 3.63) is 89.9 Å². The summed E-state index contributed by atoms with van der Waals surface area (Å²) in [5.74, 6) is 1.51. The van der Waals surface area contributed by atoms with E-state index < -0.39 is 0 Å². The Morgan fingerprint density at radius 1 is 0.968 bits per heavy atom. The van der Waals surface area contributed by atoms with Gasteiger partial charge in [0.2, 0.25) is 5.88 Å². The number of aromatic nitrogens is 3. The Balaban J connectivity index is 1.73. The minimum absolute atomic E-state index is 0.405. The van der Waals surface area contributed by atoms with Crippen molar-refractivity contribution < 1.29 is 4.74 Å². The SMILES string of the molecule is Cc1nc(Oc2cc(C#N)ccc2-c2ccc(CCN)cn2)cc(-c2ccccc2)n1. The fourth-order valence-electron chi connectivity index (χ4n) is 3.25. The molecule has 0 bridgehead atoms. The van der Waals surface area contributed by atoms with Gasteiger partial charge in [0.05, 0.1) is 23.0 Å². The fourth-order valence-corrected chi connectivity index (χ4v) is 3.25. The van der Waals surface area contributed by atoms with Crippen molar-refractivity contribution in [2.75, 3.05) is 6.54 Å². The number of pyridine rings is 1. The predicted molar refractivity (Wildman–Crippen MR) is 119 cm³/mol. The number of nitriles is 1. The molecular weight excluding hydrogens is 386 g/mol. The van der Waals surface area contributed by atoms with Crippen molar-refractivity contribution in [1.82, 2.24) is 15.0 Å². The first-order valence-corrected chi connectivity index (χ1v) is 9.95. The molecule has 31 heavy (non-hydrogen) atoms. The van der Waals surface area contributed by atoms with Crippen LogP contribution in [-0.4, -0.2) is 21.5 Å². The first-order valence-electron chi connectivity index (χ1n) is 9.95. The molecular formula is C25H21N5O. The van der Waals surface area contributed by atoms with E-state index in [2.05, 4.69) is 21.0 Å². The monoisotopic (exact) mass is 407 g/mol. The van der Waals surface area contributed by atoms with Crippen molar-refractivity contribution in [3.63, 3.8) is 0 Å². The minimum atomic E-state index is 0.405. The average Bonchev–Trinajstić information content (AvgIpc) is 2.80. The first-order chi connectivity index (χ1) is 15.2. The van der Waals surface area contributed by atoms with Gasteiger partial charge in [-0.3, -0.25) is 4.98 Å². The third kappa shape index (κ3) is 4.74. The summed E-state index contributed by atoms with van der Waals surface area (Å²) in [7, 11) is 0. The normalized spacial score (nSPS) is 10.5. The van der Waals surface area contributed by atoms with E-state index in [9.17, 15) is 5.26 Å². The summed E-state index contributed by atoms with van der Waals surface area (Å²) < 4.78 is 6.16. The van der Waals surface area contributed by atoms with Gasteiger partial charge in [-0.05, 0) is 49.7 Å². The summed E-state index contributed by atoms with van der Waals surface area (Å²) in [5, 5.41) is 9.36. The summed E-state index contributed by atoms with van der Waals surface area (Å²) in [4.78, 5) is 13.5. The summed E-state index contributed by atoms with van der Waals surface area (Å²) in [6.45, 7) is 2.40. The van der Waals surface area contributed by atoms with E-state index in [-0.39, 0.29) is 0 Å². The lowest BCUT2D eigenvalue weighted by molar-refractivity contribution is 0.461. The Kier molecular flexibility index (Phi) is 5.97. The van der Waals surface area contributed by atoms with Crippen molar-refractivity contribution in [2.24, 2.45) is 5.73 Å². The van der Waals surface area contributed by atoms with Crippen LogP contribution in [0.2, 0.25) is 0 Å². The van der Waals surface area contributed by atoms with Crippen LogP contribution in [0.15, 0.2) is 72.9 Å². The van der Waals surface area contributed by atoms with Crippen molar-refractivity contribution in [2.45, 2.75) is 13.3 Å². The molecule has 2 heterocycles. The molecule has 0 fully saturated rings. The number of benzene rings is 2. The second-order valence-corrected chi connectivity index (χ2v) is 7.02. The third-order valence-electron chi connectivity index (χ3n) is 4.74. The molecule has 2 aromatic carbocycles. The lowest BCUT2D eigenvalue weighted by Gasteiger charge is -2.12. The lowest BCUT2D eigenvalue weighted by atomic mass is 10.1. The van der Waals surface area contributed by atoms with Crippen LogP contribution in [0.4, 0.5) is 0 Å². The Bertz CT molecular complexity index is 1230. The van der Waals surface area contributed by atoms with E-state index in [1.54, 1.807) is 18.2 Å². The molecule has 0 spiro atoms. The van der Waals surface area contributed by atoms with Crippen molar-refractivity contribution >= 4 is 0 Å². The second kappa shape index (κ2) is 9.16. The maximum atomic E-state index is 9.36. The average molecular weight is 407 g/mol. The highest BCUT2D eigenvalue weighted by Crippen LogP contribution is 2.34. The van der Waals surface area contributed by atoms with E-state index in [1.165, 1.54) is 0 Å². The largest absolute Gasteiger partial charge is 0.438 e. The van der Waals surface area contributed by atoms with E-state index in [1.807, 2.05) is 61.7 Å². The van der Waals surface area contributed by atoms with Crippen LogP contribution in [0.3, 0.4) is 0 Å². The number of nitrogens with two attached hydrogens (primary N) is 1. The van der Waals surface area contributed by atoms with Gasteiger partial charge >= 0.3 is 0 Å². The zero-order valence-electron chi connectivity index (χ0n) is 17.1. The number of hydrogen-bond donors (Lipinski definition) is 1. The highest BCUT2D eigenvalue weighted by atomic mass is 16.5. The third-order valence-corrected chi connectivity index (χ3v) is 4.74. The van der Waals surface area contributed by atoms with Crippen LogP contribution < -0.4 is 10.5 Å². The van der Waals surface area contributed by atoms with Gasteiger partial charge in [0.1, 0.15) is 11.6 Å². The van der Waals surface area contributed by atoms with Gasteiger partial charge in [-0.15, -0.1) is 0 Å². The van der Waals surface area contributed by atoms with Crippen molar-refractivity contribution in [3.8, 4) is 40.2 Å². The number of nitrogens with zero attached hydrogens (tertiary/aromatic N) is 4. The van der Waals surface area contributed by atoms with Crippen LogP contribution in [-0.2, 0) is 6.42 Å². The van der Waals surface area contributed by atoms with Gasteiger partial charge in [-0.1, -0.05) is 36.4 Å². The first kappa shape index (κ1) is 20.2. The molecule has 4 rings (SSSR count). The van der Waals surface area contributed by atoms with Gasteiger partial charge in [0.25, 0.3) is 0 Å². The van der Waals surface area contributed by atoms with Gasteiger partial charge < -0.3 is 10.5 Å². The highest BCUT2D eigenvalue weighted by Gasteiger charge is 2.13. The molecule has 4 aromatic rings. The molecule has 0 aliphatic heterocycles. The summed E-state index contributed by atoms with van der Waals surface area (Å²) in [6, 6.07) is 23.0. The second-order valence-electron chi connectivity index (χ2n) is 7.02. The predicted octanol–water partition coefficient (Wildman–Crippen LogP) is 4.68. The van der Waals surface area contributed by atoms with Crippen LogP contribution in [0.1, 0.15) is 17.0 Å². The molecule has 0 aliphatic rings. The summed E-state index contributed by atoms with van der Waals surface area (Å²) in [5.41, 5.74) is 10.5. The molecule has 0 saturated heterocycles. The van der Waals surface area contributed by atoms with Gasteiger partial charge in [-0.25, -0.2) is 4.98 Å². The molecule has 6 heteroatoms. The molecule has 0 saturated carbocycles. The molecule has 0 amide bonds. The van der Waals surface area contributed by atoms with Crippen molar-refractivity contribution in [1.29, 1.82) is 5.26 Å². The molecule has 2 N–H and O–H groups in total. The smallest absolute Gasteiger partial charge is 0.223 e. The van der Waals surface area contributed by atoms with E-state index in [0.717, 1.165) is 34.5 Å². The molecule has 0 unspecified atom stereocenters. The topological polar surface area (TPSA) is 97.7 Å². The summed E-state index contributed by atoms with van der Waals surface area (Å²) in [6.07, 6.45) is 2.58.